The first-order valence-electron chi connectivity index (χ1n) is 15.5. The lowest BCUT2D eigenvalue weighted by Gasteiger charge is -2.22. The van der Waals surface area contributed by atoms with Crippen LogP contribution in [0.15, 0.2) is 92.3 Å². The summed E-state index contributed by atoms with van der Waals surface area (Å²) in [7, 11) is 0. The van der Waals surface area contributed by atoms with Crippen molar-refractivity contribution in [3.05, 3.63) is 131 Å². The molecule has 1 unspecified atom stereocenters. The molecule has 0 radical (unpaired) electrons. The van der Waals surface area contributed by atoms with Crippen molar-refractivity contribution in [1.82, 2.24) is 9.55 Å². The van der Waals surface area contributed by atoms with Crippen molar-refractivity contribution in [2.45, 2.75) is 93.5 Å². The Morgan fingerprint density at radius 3 is 2.00 bits per heavy atom. The fraction of sp³-hybridized carbons (Fsp3) is 0.375. The fourth-order valence-corrected chi connectivity index (χ4v) is 5.43. The number of hydrogen-bond acceptors (Lipinski definition) is 2. The van der Waals surface area contributed by atoms with Crippen molar-refractivity contribution >= 4 is 5.57 Å². The van der Waals surface area contributed by atoms with Crippen LogP contribution in [0.5, 0.6) is 0 Å². The molecule has 0 saturated heterocycles. The molecule has 3 nitrogen and oxygen atoms in total. The number of unbranched alkanes of at least 4 members (excludes halogenated alkanes) is 1. The van der Waals surface area contributed by atoms with Crippen molar-refractivity contribution in [1.29, 1.82) is 0 Å². The number of hydrogen-bond donors (Lipinski definition) is 1. The highest BCUT2D eigenvalue weighted by Crippen LogP contribution is 2.32. The summed E-state index contributed by atoms with van der Waals surface area (Å²) < 4.78 is 2.44. The van der Waals surface area contributed by atoms with E-state index in [4.69, 9.17) is 4.98 Å². The zero-order chi connectivity index (χ0) is 30.6. The van der Waals surface area contributed by atoms with Gasteiger partial charge in [-0.3, -0.25) is 0 Å². The van der Waals surface area contributed by atoms with Crippen molar-refractivity contribution in [2.75, 3.05) is 0 Å². The van der Waals surface area contributed by atoms with E-state index in [-0.39, 0.29) is 7.43 Å². The second-order valence-electron chi connectivity index (χ2n) is 11.9. The second-order valence-corrected chi connectivity index (χ2v) is 11.9. The van der Waals surface area contributed by atoms with Gasteiger partial charge in [-0.05, 0) is 86.4 Å². The highest BCUT2D eigenvalue weighted by molar-refractivity contribution is 5.64. The minimum atomic E-state index is 0. The number of imidazole rings is 1. The van der Waals surface area contributed by atoms with Crippen LogP contribution in [0.1, 0.15) is 93.1 Å². The van der Waals surface area contributed by atoms with Crippen LogP contribution in [-0.4, -0.2) is 9.55 Å². The molecule has 0 saturated carbocycles. The Balaban J connectivity index is 0.00000155. The summed E-state index contributed by atoms with van der Waals surface area (Å²) in [6, 6.07) is 24.8. The summed E-state index contributed by atoms with van der Waals surface area (Å²) in [4.78, 5) is 5.30. The number of aryl methyl sites for hydroxylation is 5. The van der Waals surface area contributed by atoms with Crippen molar-refractivity contribution < 1.29 is 0 Å². The van der Waals surface area contributed by atoms with Crippen LogP contribution in [0.3, 0.4) is 0 Å². The number of nitrogens with zero attached hydrogens (tertiary/aromatic N) is 2. The Kier molecular flexibility index (Phi) is 14.2. The fourth-order valence-electron chi connectivity index (χ4n) is 5.43. The number of allylic oxidation sites excluding steroid dienone is 1. The Hall–Kier alpha value is -3.85. The third-order valence-electron chi connectivity index (χ3n) is 7.98. The van der Waals surface area contributed by atoms with E-state index in [2.05, 4.69) is 138 Å². The zero-order valence-corrected chi connectivity index (χ0v) is 26.8. The minimum absolute atomic E-state index is 0. The molecule has 3 heteroatoms. The largest absolute Gasteiger partial charge is 0.405 e. The molecule has 230 valence electrons. The number of nitrogens with two attached hydrogens (primary N) is 1. The van der Waals surface area contributed by atoms with Crippen molar-refractivity contribution in [3.63, 3.8) is 0 Å². The van der Waals surface area contributed by atoms with Gasteiger partial charge in [-0.15, -0.1) is 0 Å². The van der Waals surface area contributed by atoms with E-state index >= 15 is 0 Å². The molecule has 4 rings (SSSR count). The molecular formula is C40H55N3. The molecule has 43 heavy (non-hydrogen) atoms. The minimum Gasteiger partial charge on any atom is -0.405 e. The summed E-state index contributed by atoms with van der Waals surface area (Å²) in [5.41, 5.74) is 16.1. The number of benzene rings is 3. The van der Waals surface area contributed by atoms with E-state index in [1.54, 1.807) is 0 Å². The molecular weight excluding hydrogens is 522 g/mol. The van der Waals surface area contributed by atoms with Gasteiger partial charge in [0.15, 0.2) is 0 Å². The topological polar surface area (TPSA) is 43.8 Å². The second kappa shape index (κ2) is 17.3. The standard InChI is InChI=1S/C37H46N2.C2H5N.CH4/c1-8-9-22-39-25-36(34-21-10-28(6)23-29(34)7)38-37(39)35(27(4)5)24-32-15-13-30(14-16-32)11-12-31-17-19-33(20-18-31)26(2)3;1-2-3;/h10,13-21,23,25,27,35H,2,8-9,11-12,22,24H2,1,3-7H3;2H,1,3H2;1H4. The van der Waals surface area contributed by atoms with Gasteiger partial charge < -0.3 is 10.3 Å². The van der Waals surface area contributed by atoms with Gasteiger partial charge >= 0.3 is 0 Å². The third kappa shape index (κ3) is 10.1. The lowest BCUT2D eigenvalue weighted by molar-refractivity contribution is 0.446. The summed E-state index contributed by atoms with van der Waals surface area (Å²) in [6.45, 7) is 21.6. The Bertz CT molecular complexity index is 1420. The first-order valence-corrected chi connectivity index (χ1v) is 15.5. The first-order chi connectivity index (χ1) is 20.2. The Labute approximate surface area is 262 Å². The Morgan fingerprint density at radius 2 is 1.49 bits per heavy atom. The average molecular weight is 578 g/mol. The molecule has 0 aliphatic rings. The summed E-state index contributed by atoms with van der Waals surface area (Å²) in [5, 5.41) is 0. The van der Waals surface area contributed by atoms with Gasteiger partial charge in [0, 0.05) is 24.2 Å². The van der Waals surface area contributed by atoms with Gasteiger partial charge in [-0.1, -0.05) is 126 Å². The van der Waals surface area contributed by atoms with E-state index in [0.717, 1.165) is 37.1 Å². The van der Waals surface area contributed by atoms with E-state index < -0.39 is 0 Å². The lowest BCUT2D eigenvalue weighted by Crippen LogP contribution is -2.16. The van der Waals surface area contributed by atoms with Crippen LogP contribution < -0.4 is 5.73 Å². The maximum Gasteiger partial charge on any atom is 0.113 e. The van der Waals surface area contributed by atoms with Gasteiger partial charge in [0.1, 0.15) is 5.82 Å². The quantitative estimate of drug-likeness (QED) is 0.182. The molecule has 2 N–H and O–H groups in total. The molecule has 0 aliphatic carbocycles. The highest BCUT2D eigenvalue weighted by Gasteiger charge is 2.23. The van der Waals surface area contributed by atoms with Crippen LogP contribution in [0.2, 0.25) is 0 Å². The summed E-state index contributed by atoms with van der Waals surface area (Å²) in [5.74, 6) is 2.11. The van der Waals surface area contributed by atoms with E-state index in [9.17, 15) is 0 Å². The lowest BCUT2D eigenvalue weighted by atomic mass is 9.88. The predicted octanol–water partition coefficient (Wildman–Crippen LogP) is 10.5. The predicted molar refractivity (Wildman–Crippen MR) is 189 cm³/mol. The van der Waals surface area contributed by atoms with Gasteiger partial charge in [0.25, 0.3) is 0 Å². The van der Waals surface area contributed by atoms with Gasteiger partial charge in [0.2, 0.25) is 0 Å². The van der Waals surface area contributed by atoms with E-state index in [1.807, 2.05) is 0 Å². The molecule has 0 fully saturated rings. The molecule has 4 aromatic rings. The normalized spacial score (nSPS) is 11.3. The maximum atomic E-state index is 5.30. The van der Waals surface area contributed by atoms with Crippen LogP contribution in [0, 0.1) is 19.8 Å². The third-order valence-corrected chi connectivity index (χ3v) is 7.98. The molecule has 0 bridgehead atoms. The summed E-state index contributed by atoms with van der Waals surface area (Å²) in [6.07, 6.45) is 9.02. The molecule has 1 heterocycles. The monoisotopic (exact) mass is 577 g/mol. The van der Waals surface area contributed by atoms with Crippen LogP contribution in [0.25, 0.3) is 16.8 Å². The van der Waals surface area contributed by atoms with Gasteiger partial charge in [-0.25, -0.2) is 4.98 Å². The molecule has 3 aromatic carbocycles. The van der Waals surface area contributed by atoms with Crippen molar-refractivity contribution in [3.8, 4) is 11.3 Å². The molecule has 0 amide bonds. The SMILES string of the molecule is C.C=C(C)c1ccc(CCc2ccc(CC(c3nc(-c4ccc(C)cc4C)cn3CCCC)C(C)C)cc2)cc1.C=CN. The highest BCUT2D eigenvalue weighted by atomic mass is 15.1. The smallest absolute Gasteiger partial charge is 0.113 e. The van der Waals surface area contributed by atoms with Gasteiger partial charge in [0.05, 0.1) is 5.69 Å². The van der Waals surface area contributed by atoms with Crippen LogP contribution in [0.4, 0.5) is 0 Å². The number of aromatic nitrogens is 2. The van der Waals surface area contributed by atoms with E-state index in [0.29, 0.717) is 11.8 Å². The Morgan fingerprint density at radius 1 is 0.930 bits per heavy atom. The first kappa shape index (κ1) is 35.3. The molecule has 0 aliphatic heterocycles. The average Bonchev–Trinajstić information content (AvgIpc) is 3.38. The van der Waals surface area contributed by atoms with Crippen LogP contribution >= 0.6 is 0 Å². The van der Waals surface area contributed by atoms with Crippen molar-refractivity contribution in [2.24, 2.45) is 11.7 Å². The molecule has 1 aromatic heterocycles. The molecule has 1 atom stereocenters. The summed E-state index contributed by atoms with van der Waals surface area (Å²) >= 11 is 0. The van der Waals surface area contributed by atoms with E-state index in [1.165, 1.54) is 63.8 Å². The zero-order valence-electron chi connectivity index (χ0n) is 26.8. The number of rotatable bonds is 12. The van der Waals surface area contributed by atoms with Crippen LogP contribution in [-0.2, 0) is 25.8 Å². The molecule has 0 spiro atoms. The van der Waals surface area contributed by atoms with Gasteiger partial charge in [-0.2, -0.15) is 0 Å². The maximum absolute atomic E-state index is 5.30.